The fourth-order valence-electron chi connectivity index (χ4n) is 4.40. The molecular weight excluding hydrogens is 420 g/mol. The van der Waals surface area contributed by atoms with Crippen molar-refractivity contribution < 1.29 is 24.2 Å². The lowest BCUT2D eigenvalue weighted by molar-refractivity contribution is -0.140. The molecule has 2 fully saturated rings. The molecule has 2 saturated heterocycles. The van der Waals surface area contributed by atoms with E-state index in [0.29, 0.717) is 17.9 Å². The molecule has 2 heterocycles. The molecule has 0 saturated carbocycles. The number of hydrogen-bond donors (Lipinski definition) is 1. The number of rotatable bonds is 7. The summed E-state index contributed by atoms with van der Waals surface area (Å²) < 4.78 is 10.6. The van der Waals surface area contributed by atoms with Crippen LogP contribution in [0.25, 0.3) is 5.76 Å². The van der Waals surface area contributed by atoms with Crippen LogP contribution in [0, 0.1) is 6.92 Å². The minimum absolute atomic E-state index is 0.125. The topological polar surface area (TPSA) is 79.3 Å². The minimum atomic E-state index is -0.653. The summed E-state index contributed by atoms with van der Waals surface area (Å²) in [7, 11) is 1.56. The number of benzene rings is 2. The highest BCUT2D eigenvalue weighted by Crippen LogP contribution is 2.39. The van der Waals surface area contributed by atoms with Crippen LogP contribution in [0.4, 0.5) is 0 Å². The molecule has 7 nitrogen and oxygen atoms in total. The smallest absolute Gasteiger partial charge is 0.295 e. The van der Waals surface area contributed by atoms with E-state index in [9.17, 15) is 14.7 Å². The minimum Gasteiger partial charge on any atom is -0.507 e. The van der Waals surface area contributed by atoms with Crippen LogP contribution in [-0.2, 0) is 14.3 Å². The molecule has 0 unspecified atom stereocenters. The van der Waals surface area contributed by atoms with E-state index in [1.807, 2.05) is 31.2 Å². The fraction of sp³-hybridized carbons (Fsp3) is 0.385. The van der Waals surface area contributed by atoms with Gasteiger partial charge >= 0.3 is 0 Å². The number of aliphatic hydroxyl groups excluding tert-OH is 1. The highest BCUT2D eigenvalue weighted by Gasteiger charge is 2.45. The number of aliphatic hydroxyl groups is 1. The van der Waals surface area contributed by atoms with Crippen LogP contribution >= 0.6 is 0 Å². The largest absolute Gasteiger partial charge is 0.507 e. The van der Waals surface area contributed by atoms with Gasteiger partial charge in [0.15, 0.2) is 0 Å². The second-order valence-electron chi connectivity index (χ2n) is 8.44. The molecule has 0 bridgehead atoms. The molecule has 7 heteroatoms. The molecular formula is C26H30N2O5. The summed E-state index contributed by atoms with van der Waals surface area (Å²) >= 11 is 0. The average Bonchev–Trinajstić information content (AvgIpc) is 3.10. The lowest BCUT2D eigenvalue weighted by Crippen LogP contribution is -2.38. The first-order valence-corrected chi connectivity index (χ1v) is 11.3. The molecule has 174 valence electrons. The summed E-state index contributed by atoms with van der Waals surface area (Å²) in [5, 5.41) is 11.1. The molecule has 2 aliphatic rings. The van der Waals surface area contributed by atoms with Crippen LogP contribution < -0.4 is 4.74 Å². The molecule has 2 aromatic carbocycles. The van der Waals surface area contributed by atoms with Crippen molar-refractivity contribution in [1.82, 2.24) is 9.80 Å². The normalized spacial score (nSPS) is 20.9. The van der Waals surface area contributed by atoms with Crippen molar-refractivity contribution in [3.05, 3.63) is 70.8 Å². The first-order chi connectivity index (χ1) is 16.0. The van der Waals surface area contributed by atoms with Crippen LogP contribution in [-0.4, -0.2) is 73.1 Å². The number of morpholine rings is 1. The zero-order valence-corrected chi connectivity index (χ0v) is 19.1. The second kappa shape index (κ2) is 10.2. The van der Waals surface area contributed by atoms with Crippen molar-refractivity contribution in [2.45, 2.75) is 19.4 Å². The van der Waals surface area contributed by atoms with Gasteiger partial charge in [0, 0.05) is 31.7 Å². The molecule has 0 spiro atoms. The summed E-state index contributed by atoms with van der Waals surface area (Å²) in [6.45, 7) is 6.42. The standard InChI is InChI=1S/C26H30N2O5/c1-18-4-6-19(7-5-18)23-22(24(29)20-8-10-21(32-2)11-9-20)25(30)26(31)28(23)13-3-12-27-14-16-33-17-15-27/h4-11,23,29H,3,12-17H2,1-2H3/b24-22+/t23-/m0/s1. The highest BCUT2D eigenvalue weighted by molar-refractivity contribution is 6.46. The molecule has 4 rings (SSSR count). The van der Waals surface area contributed by atoms with Gasteiger partial charge in [0.1, 0.15) is 11.5 Å². The Labute approximate surface area is 194 Å². The number of carbonyl (C=O) groups is 2. The Kier molecular flexibility index (Phi) is 7.11. The summed E-state index contributed by atoms with van der Waals surface area (Å²) in [4.78, 5) is 30.1. The lowest BCUT2D eigenvalue weighted by atomic mass is 9.94. The first-order valence-electron chi connectivity index (χ1n) is 11.3. The fourth-order valence-corrected chi connectivity index (χ4v) is 4.40. The third kappa shape index (κ3) is 4.94. The SMILES string of the molecule is COc1ccc(/C(O)=C2\C(=O)C(=O)N(CCCN3CCOCC3)[C@H]2c2ccc(C)cc2)cc1. The number of aryl methyl sites for hydroxylation is 1. The van der Waals surface area contributed by atoms with E-state index in [1.54, 1.807) is 36.3 Å². The summed E-state index contributed by atoms with van der Waals surface area (Å²) in [6.07, 6.45) is 0.734. The van der Waals surface area contributed by atoms with E-state index in [1.165, 1.54) is 0 Å². The van der Waals surface area contributed by atoms with Crippen molar-refractivity contribution in [1.29, 1.82) is 0 Å². The Bertz CT molecular complexity index is 1020. The van der Waals surface area contributed by atoms with Crippen molar-refractivity contribution >= 4 is 17.4 Å². The van der Waals surface area contributed by atoms with Crippen LogP contribution in [0.2, 0.25) is 0 Å². The predicted molar refractivity (Wildman–Crippen MR) is 125 cm³/mol. The van der Waals surface area contributed by atoms with Crippen molar-refractivity contribution in [2.24, 2.45) is 0 Å². The molecule has 0 aliphatic carbocycles. The maximum atomic E-state index is 13.1. The van der Waals surface area contributed by atoms with E-state index >= 15 is 0 Å². The molecule has 1 N–H and O–H groups in total. The molecule has 33 heavy (non-hydrogen) atoms. The first kappa shape index (κ1) is 23.0. The maximum absolute atomic E-state index is 13.1. The van der Waals surface area contributed by atoms with Gasteiger partial charge in [0.05, 0.1) is 31.9 Å². The third-order valence-corrected chi connectivity index (χ3v) is 6.27. The maximum Gasteiger partial charge on any atom is 0.295 e. The molecule has 1 atom stereocenters. The number of amides is 1. The number of Topliss-reactive ketones (excluding diaryl/α,β-unsaturated/α-hetero) is 1. The number of ketones is 1. The number of hydrogen-bond acceptors (Lipinski definition) is 6. The summed E-state index contributed by atoms with van der Waals surface area (Å²) in [5.74, 6) is -0.750. The molecule has 0 radical (unpaired) electrons. The van der Waals surface area contributed by atoms with Gasteiger partial charge in [-0.3, -0.25) is 14.5 Å². The van der Waals surface area contributed by atoms with Gasteiger partial charge in [0.2, 0.25) is 0 Å². The number of ether oxygens (including phenoxy) is 2. The van der Waals surface area contributed by atoms with Crippen LogP contribution in [0.3, 0.4) is 0 Å². The second-order valence-corrected chi connectivity index (χ2v) is 8.44. The summed E-state index contributed by atoms with van der Waals surface area (Å²) in [6, 6.07) is 13.9. The van der Waals surface area contributed by atoms with E-state index in [2.05, 4.69) is 4.90 Å². The van der Waals surface area contributed by atoms with Gasteiger partial charge in [-0.1, -0.05) is 29.8 Å². The third-order valence-electron chi connectivity index (χ3n) is 6.27. The average molecular weight is 451 g/mol. The number of likely N-dealkylation sites (tertiary alicyclic amines) is 1. The zero-order valence-electron chi connectivity index (χ0n) is 19.1. The highest BCUT2D eigenvalue weighted by atomic mass is 16.5. The zero-order chi connectivity index (χ0) is 23.4. The lowest BCUT2D eigenvalue weighted by Gasteiger charge is -2.29. The molecule has 1 amide bonds. The van der Waals surface area contributed by atoms with Crippen molar-refractivity contribution in [3.63, 3.8) is 0 Å². The Morgan fingerprint density at radius 1 is 1.03 bits per heavy atom. The van der Waals surface area contributed by atoms with E-state index in [-0.39, 0.29) is 11.3 Å². The summed E-state index contributed by atoms with van der Waals surface area (Å²) in [5.41, 5.74) is 2.49. The number of carbonyl (C=O) groups excluding carboxylic acids is 2. The van der Waals surface area contributed by atoms with Gasteiger partial charge in [-0.2, -0.15) is 0 Å². The van der Waals surface area contributed by atoms with Gasteiger partial charge in [-0.05, 0) is 43.2 Å². The molecule has 2 aromatic rings. The van der Waals surface area contributed by atoms with Gasteiger partial charge in [-0.15, -0.1) is 0 Å². The van der Waals surface area contributed by atoms with Crippen molar-refractivity contribution in [3.8, 4) is 5.75 Å². The van der Waals surface area contributed by atoms with E-state index in [4.69, 9.17) is 9.47 Å². The van der Waals surface area contributed by atoms with Crippen LogP contribution in [0.15, 0.2) is 54.1 Å². The van der Waals surface area contributed by atoms with E-state index < -0.39 is 17.7 Å². The van der Waals surface area contributed by atoms with Crippen LogP contribution in [0.1, 0.15) is 29.2 Å². The van der Waals surface area contributed by atoms with Gasteiger partial charge < -0.3 is 19.5 Å². The Morgan fingerprint density at radius 2 is 1.70 bits per heavy atom. The monoisotopic (exact) mass is 450 g/mol. The van der Waals surface area contributed by atoms with Gasteiger partial charge in [-0.25, -0.2) is 0 Å². The quantitative estimate of drug-likeness (QED) is 0.397. The van der Waals surface area contributed by atoms with Crippen molar-refractivity contribution in [2.75, 3.05) is 46.5 Å². The van der Waals surface area contributed by atoms with Crippen LogP contribution in [0.5, 0.6) is 5.75 Å². The van der Waals surface area contributed by atoms with Gasteiger partial charge in [0.25, 0.3) is 11.7 Å². The number of nitrogens with zero attached hydrogens (tertiary/aromatic N) is 2. The molecule has 2 aliphatic heterocycles. The molecule has 0 aromatic heterocycles. The Balaban J connectivity index is 1.65. The predicted octanol–water partition coefficient (Wildman–Crippen LogP) is 3.15. The Hall–Kier alpha value is -3.16. The Morgan fingerprint density at radius 3 is 2.33 bits per heavy atom. The number of methoxy groups -OCH3 is 1. The van der Waals surface area contributed by atoms with E-state index in [0.717, 1.165) is 50.4 Å².